The monoisotopic (exact) mass is 213 g/mol. The van der Waals surface area contributed by atoms with Gasteiger partial charge in [-0.2, -0.15) is 0 Å². The largest absolute Gasteiger partial charge is 0.386 e. The van der Waals surface area contributed by atoms with Gasteiger partial charge >= 0.3 is 0 Å². The molecule has 0 aliphatic carbocycles. The maximum absolute atomic E-state index is 10.2. The molecule has 1 aliphatic heterocycles. The third-order valence-corrected chi connectivity index (χ3v) is 3.22. The average Bonchev–Trinajstić information content (AvgIpc) is 2.54. The van der Waals surface area contributed by atoms with E-state index in [1.54, 1.807) is 0 Å². The summed E-state index contributed by atoms with van der Waals surface area (Å²) in [5, 5.41) is 13.6. The van der Waals surface area contributed by atoms with Crippen LogP contribution in [-0.2, 0) is 4.74 Å². The number of rotatable bonds is 6. The van der Waals surface area contributed by atoms with Gasteiger partial charge < -0.3 is 15.2 Å². The van der Waals surface area contributed by atoms with E-state index in [-0.39, 0.29) is 6.10 Å². The van der Waals surface area contributed by atoms with E-state index in [4.69, 9.17) is 4.74 Å². The van der Waals surface area contributed by atoms with E-state index < -0.39 is 5.60 Å². The minimum atomic E-state index is -0.678. The Morgan fingerprint density at radius 1 is 1.73 bits per heavy atom. The topological polar surface area (TPSA) is 41.5 Å². The van der Waals surface area contributed by atoms with Gasteiger partial charge in [0.05, 0.1) is 6.10 Å². The van der Waals surface area contributed by atoms with E-state index in [2.05, 4.69) is 18.8 Å². The highest BCUT2D eigenvalue weighted by Gasteiger charge is 2.39. The SMILES string of the molecule is C=CCCC(C)NCC1(O)CCOC1C. The van der Waals surface area contributed by atoms with E-state index in [0.29, 0.717) is 19.2 Å². The van der Waals surface area contributed by atoms with Gasteiger partial charge in [0.1, 0.15) is 5.60 Å². The minimum Gasteiger partial charge on any atom is -0.386 e. The third-order valence-electron chi connectivity index (χ3n) is 3.22. The van der Waals surface area contributed by atoms with Crippen molar-refractivity contribution >= 4 is 0 Å². The number of hydrogen-bond acceptors (Lipinski definition) is 3. The summed E-state index contributed by atoms with van der Waals surface area (Å²) in [7, 11) is 0. The molecule has 0 aromatic heterocycles. The Morgan fingerprint density at radius 2 is 2.47 bits per heavy atom. The second-order valence-electron chi connectivity index (χ2n) is 4.51. The molecule has 88 valence electrons. The first-order valence-corrected chi connectivity index (χ1v) is 5.77. The highest BCUT2D eigenvalue weighted by atomic mass is 16.5. The van der Waals surface area contributed by atoms with Crippen LogP contribution in [-0.4, -0.2) is 36.0 Å². The third kappa shape index (κ3) is 3.59. The Kier molecular flexibility index (Phi) is 4.77. The molecule has 1 heterocycles. The quantitative estimate of drug-likeness (QED) is 0.657. The zero-order valence-electron chi connectivity index (χ0n) is 9.83. The van der Waals surface area contributed by atoms with Crippen molar-refractivity contribution in [3.05, 3.63) is 12.7 Å². The first-order chi connectivity index (χ1) is 7.08. The first-order valence-electron chi connectivity index (χ1n) is 5.77. The molecule has 15 heavy (non-hydrogen) atoms. The Balaban J connectivity index is 2.26. The summed E-state index contributed by atoms with van der Waals surface area (Å²) in [4.78, 5) is 0. The van der Waals surface area contributed by atoms with Crippen molar-refractivity contribution in [1.29, 1.82) is 0 Å². The molecule has 3 unspecified atom stereocenters. The van der Waals surface area contributed by atoms with Gasteiger partial charge in [0.2, 0.25) is 0 Å². The Bertz CT molecular complexity index is 208. The number of nitrogens with one attached hydrogen (secondary N) is 1. The van der Waals surface area contributed by atoms with E-state index in [1.807, 2.05) is 13.0 Å². The molecule has 0 radical (unpaired) electrons. The molecular weight excluding hydrogens is 190 g/mol. The lowest BCUT2D eigenvalue weighted by molar-refractivity contribution is -0.0274. The van der Waals surface area contributed by atoms with Crippen LogP contribution in [0.4, 0.5) is 0 Å². The van der Waals surface area contributed by atoms with Crippen molar-refractivity contribution in [3.8, 4) is 0 Å². The average molecular weight is 213 g/mol. The Morgan fingerprint density at radius 3 is 3.00 bits per heavy atom. The van der Waals surface area contributed by atoms with Gasteiger partial charge in [-0.25, -0.2) is 0 Å². The summed E-state index contributed by atoms with van der Waals surface area (Å²) in [6.07, 6.45) is 4.67. The summed E-state index contributed by atoms with van der Waals surface area (Å²) in [5.74, 6) is 0. The normalized spacial score (nSPS) is 32.9. The van der Waals surface area contributed by atoms with Gasteiger partial charge in [-0.15, -0.1) is 6.58 Å². The van der Waals surface area contributed by atoms with Crippen molar-refractivity contribution in [2.24, 2.45) is 0 Å². The molecule has 0 spiro atoms. The van der Waals surface area contributed by atoms with Crippen molar-refractivity contribution in [3.63, 3.8) is 0 Å². The summed E-state index contributed by atoms with van der Waals surface area (Å²) in [6.45, 7) is 9.05. The molecule has 0 aromatic rings. The molecule has 1 fully saturated rings. The molecule has 1 saturated heterocycles. The fourth-order valence-electron chi connectivity index (χ4n) is 1.82. The fraction of sp³-hybridized carbons (Fsp3) is 0.833. The van der Waals surface area contributed by atoms with Crippen LogP contribution in [0.3, 0.4) is 0 Å². The predicted octanol–water partition coefficient (Wildman–Crippen LogP) is 1.47. The maximum atomic E-state index is 10.2. The predicted molar refractivity (Wildman–Crippen MR) is 61.9 cm³/mol. The summed E-state index contributed by atoms with van der Waals surface area (Å²) < 4.78 is 5.38. The standard InChI is InChI=1S/C12H23NO2/c1-4-5-6-10(2)13-9-12(14)7-8-15-11(12)3/h4,10-11,13-14H,1,5-9H2,2-3H3. The van der Waals surface area contributed by atoms with Crippen LogP contribution in [0, 0.1) is 0 Å². The summed E-state index contributed by atoms with van der Waals surface area (Å²) in [5.41, 5.74) is -0.678. The lowest BCUT2D eigenvalue weighted by Crippen LogP contribution is -2.48. The molecule has 3 heteroatoms. The van der Waals surface area contributed by atoms with Crippen LogP contribution in [0.25, 0.3) is 0 Å². The number of aliphatic hydroxyl groups is 1. The van der Waals surface area contributed by atoms with E-state index >= 15 is 0 Å². The molecule has 1 aliphatic rings. The van der Waals surface area contributed by atoms with Crippen molar-refractivity contribution < 1.29 is 9.84 Å². The number of hydrogen-bond donors (Lipinski definition) is 2. The summed E-state index contributed by atoms with van der Waals surface area (Å²) >= 11 is 0. The Hall–Kier alpha value is -0.380. The lowest BCUT2D eigenvalue weighted by atomic mass is 9.96. The first kappa shape index (κ1) is 12.7. The van der Waals surface area contributed by atoms with E-state index in [1.165, 1.54) is 0 Å². The number of allylic oxidation sites excluding steroid dienone is 1. The zero-order chi connectivity index (χ0) is 11.3. The second-order valence-corrected chi connectivity index (χ2v) is 4.51. The van der Waals surface area contributed by atoms with Crippen LogP contribution in [0.15, 0.2) is 12.7 Å². The van der Waals surface area contributed by atoms with Gasteiger partial charge in [0.15, 0.2) is 0 Å². The molecule has 3 nitrogen and oxygen atoms in total. The van der Waals surface area contributed by atoms with E-state index in [9.17, 15) is 5.11 Å². The van der Waals surface area contributed by atoms with Crippen LogP contribution >= 0.6 is 0 Å². The van der Waals surface area contributed by atoms with Gasteiger partial charge in [0, 0.05) is 25.6 Å². The van der Waals surface area contributed by atoms with Gasteiger partial charge in [-0.05, 0) is 26.7 Å². The van der Waals surface area contributed by atoms with Gasteiger partial charge in [-0.1, -0.05) is 6.08 Å². The fourth-order valence-corrected chi connectivity index (χ4v) is 1.82. The molecular formula is C12H23NO2. The van der Waals surface area contributed by atoms with Crippen LogP contribution in [0.5, 0.6) is 0 Å². The lowest BCUT2D eigenvalue weighted by Gasteiger charge is -2.28. The smallest absolute Gasteiger partial charge is 0.105 e. The highest BCUT2D eigenvalue weighted by Crippen LogP contribution is 2.24. The van der Waals surface area contributed by atoms with Crippen LogP contribution < -0.4 is 5.32 Å². The molecule has 3 atom stereocenters. The molecule has 2 N–H and O–H groups in total. The molecule has 1 rings (SSSR count). The van der Waals surface area contributed by atoms with Gasteiger partial charge in [-0.3, -0.25) is 0 Å². The maximum Gasteiger partial charge on any atom is 0.105 e. The van der Waals surface area contributed by atoms with Crippen molar-refractivity contribution in [2.45, 2.75) is 50.9 Å². The highest BCUT2D eigenvalue weighted by molar-refractivity contribution is 4.92. The second kappa shape index (κ2) is 5.64. The van der Waals surface area contributed by atoms with Crippen LogP contribution in [0.2, 0.25) is 0 Å². The Labute approximate surface area is 92.5 Å². The molecule has 0 saturated carbocycles. The van der Waals surface area contributed by atoms with Gasteiger partial charge in [0.25, 0.3) is 0 Å². The molecule has 0 aromatic carbocycles. The number of ether oxygens (including phenoxy) is 1. The zero-order valence-corrected chi connectivity index (χ0v) is 9.83. The van der Waals surface area contributed by atoms with Crippen molar-refractivity contribution in [1.82, 2.24) is 5.32 Å². The van der Waals surface area contributed by atoms with Crippen LogP contribution in [0.1, 0.15) is 33.1 Å². The minimum absolute atomic E-state index is 0.0587. The summed E-state index contributed by atoms with van der Waals surface area (Å²) in [6, 6.07) is 0.417. The van der Waals surface area contributed by atoms with Crippen molar-refractivity contribution in [2.75, 3.05) is 13.2 Å². The van der Waals surface area contributed by atoms with E-state index in [0.717, 1.165) is 19.3 Å². The molecule has 0 bridgehead atoms. The molecule has 0 amide bonds.